The van der Waals surface area contributed by atoms with Crippen LogP contribution in [0.1, 0.15) is 16.7 Å². The van der Waals surface area contributed by atoms with Crippen molar-refractivity contribution in [2.45, 2.75) is 5.16 Å². The molecule has 0 saturated carbocycles. The molecule has 0 amide bonds. The molecule has 0 N–H and O–H groups in total. The molecule has 23 heavy (non-hydrogen) atoms. The van der Waals surface area contributed by atoms with E-state index < -0.39 is 0 Å². The van der Waals surface area contributed by atoms with Gasteiger partial charge < -0.3 is 0 Å². The molecule has 0 bridgehead atoms. The molecular weight excluding hydrogens is 295 g/mol. The molecule has 0 fully saturated rings. The number of allylic oxidation sites excluding steroid dienone is 2. The lowest BCUT2D eigenvalue weighted by atomic mass is 9.89. The summed E-state index contributed by atoms with van der Waals surface area (Å²) in [7, 11) is 1.31. The lowest BCUT2D eigenvalue weighted by molar-refractivity contribution is 0.944. The third-order valence-electron chi connectivity index (χ3n) is 4.28. The minimum absolute atomic E-state index is 0.0896. The van der Waals surface area contributed by atoms with Gasteiger partial charge in [0.2, 0.25) is 0 Å². The van der Waals surface area contributed by atoms with Gasteiger partial charge in [-0.3, -0.25) is 0 Å². The number of hydrogen-bond donors (Lipinski definition) is 0. The maximum absolute atomic E-state index is 2.36. The van der Waals surface area contributed by atoms with E-state index in [1.807, 2.05) is 0 Å². The Kier molecular flexibility index (Phi) is 3.69. The minimum atomic E-state index is -0.0896. The van der Waals surface area contributed by atoms with Gasteiger partial charge in [-0.2, -0.15) is 0 Å². The maximum atomic E-state index is 2.36. The van der Waals surface area contributed by atoms with Crippen molar-refractivity contribution in [2.24, 2.45) is 0 Å². The van der Waals surface area contributed by atoms with Crippen molar-refractivity contribution >= 4 is 13.5 Å². The van der Waals surface area contributed by atoms with Crippen molar-refractivity contribution in [1.82, 2.24) is 0 Å². The van der Waals surface area contributed by atoms with Crippen molar-refractivity contribution in [3.8, 4) is 0 Å². The van der Waals surface area contributed by atoms with Crippen molar-refractivity contribution < 1.29 is 0 Å². The summed E-state index contributed by atoms with van der Waals surface area (Å²) in [5.74, 6) is 0. The van der Waals surface area contributed by atoms with Crippen LogP contribution < -0.4 is 0 Å². The Balaban J connectivity index is 1.90. The van der Waals surface area contributed by atoms with Crippen LogP contribution in [0.15, 0.2) is 103 Å². The second kappa shape index (κ2) is 5.99. The normalized spacial score (nSPS) is 16.1. The van der Waals surface area contributed by atoms with Gasteiger partial charge >= 0.3 is 0 Å². The first-order valence-electron chi connectivity index (χ1n) is 7.84. The van der Waals surface area contributed by atoms with E-state index in [1.165, 1.54) is 30.2 Å². The van der Waals surface area contributed by atoms with Crippen LogP contribution in [0.25, 0.3) is 0 Å². The van der Waals surface area contributed by atoms with Gasteiger partial charge in [0.1, 0.15) is 0 Å². The molecule has 3 aromatic carbocycles. The van der Waals surface area contributed by atoms with Crippen LogP contribution in [0.3, 0.4) is 0 Å². The van der Waals surface area contributed by atoms with E-state index in [-0.39, 0.29) is 5.16 Å². The molecule has 0 spiro atoms. The number of rotatable bonds is 3. The lowest BCUT2D eigenvalue weighted by Crippen LogP contribution is -2.16. The van der Waals surface area contributed by atoms with Crippen molar-refractivity contribution in [2.75, 3.05) is 0 Å². The number of hydrogen-bond acceptors (Lipinski definition) is 0. The summed E-state index contributed by atoms with van der Waals surface area (Å²) in [4.78, 5) is 0. The SMILES string of the molecule is C1=CC(c2ccccc2)(c2ccccc2)P=C1c1ccccc1. The highest BCUT2D eigenvalue weighted by atomic mass is 31.1. The summed E-state index contributed by atoms with van der Waals surface area (Å²) in [5.41, 5.74) is 3.99. The second-order valence-electron chi connectivity index (χ2n) is 5.69. The van der Waals surface area contributed by atoms with E-state index in [0.717, 1.165) is 0 Å². The highest BCUT2D eigenvalue weighted by Gasteiger charge is 2.33. The fraction of sp³-hybridized carbons (Fsp3) is 0.0455. The zero-order valence-corrected chi connectivity index (χ0v) is 13.7. The molecule has 1 heteroatoms. The number of benzene rings is 3. The first-order valence-corrected chi connectivity index (χ1v) is 8.73. The fourth-order valence-electron chi connectivity index (χ4n) is 3.11. The third kappa shape index (κ3) is 2.56. The Morgan fingerprint density at radius 1 is 0.565 bits per heavy atom. The lowest BCUT2D eigenvalue weighted by Gasteiger charge is -2.26. The molecule has 1 heterocycles. The topological polar surface area (TPSA) is 0 Å². The van der Waals surface area contributed by atoms with Crippen molar-refractivity contribution in [3.05, 3.63) is 120 Å². The van der Waals surface area contributed by atoms with Gasteiger partial charge in [0, 0.05) is 5.29 Å². The molecule has 0 unspecified atom stereocenters. The Hall–Kier alpha value is -2.43. The van der Waals surface area contributed by atoms with Gasteiger partial charge in [0.15, 0.2) is 0 Å². The van der Waals surface area contributed by atoms with Gasteiger partial charge in [-0.1, -0.05) is 111 Å². The highest BCUT2D eigenvalue weighted by Crippen LogP contribution is 2.48. The van der Waals surface area contributed by atoms with Crippen LogP contribution >= 0.6 is 8.20 Å². The van der Waals surface area contributed by atoms with Gasteiger partial charge in [-0.15, -0.1) is 0 Å². The molecule has 4 rings (SSSR count). The average Bonchev–Trinajstić information content (AvgIpc) is 3.11. The first kappa shape index (κ1) is 14.2. The third-order valence-corrected chi connectivity index (χ3v) is 5.94. The monoisotopic (exact) mass is 312 g/mol. The molecule has 0 radical (unpaired) electrons. The van der Waals surface area contributed by atoms with E-state index in [1.54, 1.807) is 0 Å². The van der Waals surface area contributed by atoms with Crippen LogP contribution in [-0.4, -0.2) is 5.29 Å². The van der Waals surface area contributed by atoms with Crippen molar-refractivity contribution in [1.29, 1.82) is 0 Å². The second-order valence-corrected chi connectivity index (χ2v) is 7.11. The van der Waals surface area contributed by atoms with E-state index in [0.29, 0.717) is 0 Å². The molecule has 3 aromatic rings. The Morgan fingerprint density at radius 3 is 1.57 bits per heavy atom. The predicted molar refractivity (Wildman–Crippen MR) is 100 cm³/mol. The summed E-state index contributed by atoms with van der Waals surface area (Å²) in [6.45, 7) is 0. The van der Waals surface area contributed by atoms with Gasteiger partial charge in [-0.05, 0) is 16.7 Å². The van der Waals surface area contributed by atoms with Gasteiger partial charge in [-0.25, -0.2) is 0 Å². The van der Waals surface area contributed by atoms with E-state index >= 15 is 0 Å². The van der Waals surface area contributed by atoms with Crippen LogP contribution in [0.2, 0.25) is 0 Å². The maximum Gasteiger partial charge on any atom is 0.0809 e. The molecule has 0 aliphatic carbocycles. The minimum Gasteiger partial charge on any atom is -0.0750 e. The Bertz CT molecular complexity index is 807. The Labute approximate surface area is 138 Å². The summed E-state index contributed by atoms with van der Waals surface area (Å²) >= 11 is 0. The molecule has 110 valence electrons. The standard InChI is InChI=1S/C22H17P/c1-4-10-18(11-5-1)21-16-17-22(23-21,19-12-6-2-7-13-19)20-14-8-3-9-15-20/h1-17H. The van der Waals surface area contributed by atoms with Crippen LogP contribution in [0.5, 0.6) is 0 Å². The van der Waals surface area contributed by atoms with Gasteiger partial charge in [0.05, 0.1) is 5.16 Å². The average molecular weight is 312 g/mol. The van der Waals surface area contributed by atoms with Gasteiger partial charge in [0.25, 0.3) is 0 Å². The molecule has 0 atom stereocenters. The molecular formula is C22H17P. The quantitative estimate of drug-likeness (QED) is 0.547. The highest BCUT2D eigenvalue weighted by molar-refractivity contribution is 7.44. The Morgan fingerprint density at radius 2 is 1.04 bits per heavy atom. The van der Waals surface area contributed by atoms with E-state index in [9.17, 15) is 0 Å². The summed E-state index contributed by atoms with van der Waals surface area (Å²) < 4.78 is 0. The molecule has 0 nitrogen and oxygen atoms in total. The predicted octanol–water partition coefficient (Wildman–Crippen LogP) is 5.67. The molecule has 1 aliphatic rings. The van der Waals surface area contributed by atoms with Crippen LogP contribution in [0.4, 0.5) is 0 Å². The molecule has 0 aromatic heterocycles. The zero-order chi connectivity index (χ0) is 15.5. The molecule has 0 saturated heterocycles. The summed E-state index contributed by atoms with van der Waals surface area (Å²) in [5, 5.41) is 1.28. The fourth-order valence-corrected chi connectivity index (χ4v) is 4.62. The first-order chi connectivity index (χ1) is 11.4. The summed E-state index contributed by atoms with van der Waals surface area (Å²) in [6, 6.07) is 32.3. The largest absolute Gasteiger partial charge is 0.0809 e. The van der Waals surface area contributed by atoms with E-state index in [2.05, 4.69) is 103 Å². The zero-order valence-electron chi connectivity index (χ0n) is 12.8. The van der Waals surface area contributed by atoms with Crippen LogP contribution in [0, 0.1) is 0 Å². The molecule has 1 aliphatic heterocycles. The summed E-state index contributed by atoms with van der Waals surface area (Å²) in [6.07, 6.45) is 4.65. The smallest absolute Gasteiger partial charge is 0.0750 e. The van der Waals surface area contributed by atoms with Crippen molar-refractivity contribution in [3.63, 3.8) is 0 Å². The van der Waals surface area contributed by atoms with Crippen LogP contribution in [-0.2, 0) is 5.16 Å². The van der Waals surface area contributed by atoms with E-state index in [4.69, 9.17) is 0 Å².